The lowest BCUT2D eigenvalue weighted by molar-refractivity contribution is -0.148. The van der Waals surface area contributed by atoms with Gasteiger partial charge in [0.15, 0.2) is 0 Å². The number of hydrogen-bond acceptors (Lipinski definition) is 2. The number of amides is 1. The van der Waals surface area contributed by atoms with Crippen molar-refractivity contribution >= 4 is 23.5 Å². The van der Waals surface area contributed by atoms with E-state index in [4.69, 9.17) is 11.6 Å². The maximum Gasteiger partial charge on any atom is 0.311 e. The third kappa shape index (κ3) is 3.02. The number of carboxylic acid groups (broad SMARTS) is 1. The maximum atomic E-state index is 13.1. The summed E-state index contributed by atoms with van der Waals surface area (Å²) >= 11 is 5.68. The van der Waals surface area contributed by atoms with Gasteiger partial charge in [-0.15, -0.1) is 0 Å². The van der Waals surface area contributed by atoms with Crippen molar-refractivity contribution in [3.8, 4) is 0 Å². The molecule has 114 valence electrons. The molecule has 4 nitrogen and oxygen atoms in total. The normalized spacial score (nSPS) is 21.6. The Labute approximate surface area is 127 Å². The van der Waals surface area contributed by atoms with Crippen LogP contribution in [0.1, 0.15) is 36.5 Å². The highest BCUT2D eigenvalue weighted by Crippen LogP contribution is 2.36. The van der Waals surface area contributed by atoms with Crippen molar-refractivity contribution in [2.45, 2.75) is 26.2 Å². The van der Waals surface area contributed by atoms with Crippen molar-refractivity contribution in [3.05, 3.63) is 34.6 Å². The largest absolute Gasteiger partial charge is 0.481 e. The van der Waals surface area contributed by atoms with Crippen molar-refractivity contribution in [1.29, 1.82) is 0 Å². The summed E-state index contributed by atoms with van der Waals surface area (Å²) < 4.78 is 13.1. The summed E-state index contributed by atoms with van der Waals surface area (Å²) in [5.74, 6) is -1.76. The molecule has 1 unspecified atom stereocenters. The van der Waals surface area contributed by atoms with E-state index >= 15 is 0 Å². The average Bonchev–Trinajstić information content (AvgIpc) is 2.87. The van der Waals surface area contributed by atoms with Crippen molar-refractivity contribution in [1.82, 2.24) is 4.90 Å². The molecule has 0 aromatic heterocycles. The van der Waals surface area contributed by atoms with Crippen molar-refractivity contribution in [2.75, 3.05) is 13.1 Å². The minimum absolute atomic E-state index is 0.113. The van der Waals surface area contributed by atoms with Crippen LogP contribution in [-0.2, 0) is 4.79 Å². The molecular weight excluding hydrogens is 297 g/mol. The van der Waals surface area contributed by atoms with E-state index in [0.717, 1.165) is 12.5 Å². The van der Waals surface area contributed by atoms with Gasteiger partial charge in [0.05, 0.1) is 10.4 Å². The van der Waals surface area contributed by atoms with E-state index in [-0.39, 0.29) is 23.0 Å². The first-order chi connectivity index (χ1) is 9.89. The minimum Gasteiger partial charge on any atom is -0.481 e. The number of rotatable bonds is 4. The van der Waals surface area contributed by atoms with Gasteiger partial charge in [0.2, 0.25) is 0 Å². The molecule has 1 aliphatic rings. The lowest BCUT2D eigenvalue weighted by atomic mass is 9.83. The summed E-state index contributed by atoms with van der Waals surface area (Å²) in [4.78, 5) is 25.4. The SMILES string of the molecule is CCCC1(C(=O)O)CCN(C(=O)c2ccc(F)c(Cl)c2)C1. The average molecular weight is 314 g/mol. The van der Waals surface area contributed by atoms with E-state index in [0.29, 0.717) is 19.4 Å². The number of nitrogens with zero attached hydrogens (tertiary/aromatic N) is 1. The summed E-state index contributed by atoms with van der Waals surface area (Å²) in [6.45, 7) is 2.50. The molecule has 1 amide bonds. The zero-order valence-electron chi connectivity index (χ0n) is 11.7. The van der Waals surface area contributed by atoms with E-state index in [1.165, 1.54) is 17.0 Å². The summed E-state index contributed by atoms with van der Waals surface area (Å²) in [5.41, 5.74) is -0.590. The Kier molecular flexibility index (Phi) is 4.52. The number of aliphatic carboxylic acids is 1. The number of benzene rings is 1. The van der Waals surface area contributed by atoms with E-state index < -0.39 is 17.2 Å². The predicted molar refractivity (Wildman–Crippen MR) is 76.9 cm³/mol. The molecule has 0 spiro atoms. The highest BCUT2D eigenvalue weighted by Gasteiger charge is 2.45. The van der Waals surface area contributed by atoms with Gasteiger partial charge < -0.3 is 10.0 Å². The van der Waals surface area contributed by atoms with Crippen LogP contribution in [0.3, 0.4) is 0 Å². The zero-order chi connectivity index (χ0) is 15.6. The molecule has 1 heterocycles. The molecular formula is C15H17ClFNO3. The van der Waals surface area contributed by atoms with Crippen LogP contribution in [0.25, 0.3) is 0 Å². The topological polar surface area (TPSA) is 57.6 Å². The van der Waals surface area contributed by atoms with Crippen LogP contribution in [-0.4, -0.2) is 35.0 Å². The monoisotopic (exact) mass is 313 g/mol. The van der Waals surface area contributed by atoms with Crippen LogP contribution in [0.15, 0.2) is 18.2 Å². The van der Waals surface area contributed by atoms with Crippen LogP contribution in [0, 0.1) is 11.2 Å². The molecule has 1 aromatic carbocycles. The van der Waals surface area contributed by atoms with Gasteiger partial charge in [-0.25, -0.2) is 4.39 Å². The number of halogens is 2. The third-order valence-corrected chi connectivity index (χ3v) is 4.28. The molecule has 6 heteroatoms. The standard InChI is InChI=1S/C15H17ClFNO3/c1-2-5-15(14(20)21)6-7-18(9-15)13(19)10-3-4-12(17)11(16)8-10/h3-4,8H,2,5-7,9H2,1H3,(H,20,21). The predicted octanol–water partition coefficient (Wildman–Crippen LogP) is 3.20. The molecule has 1 saturated heterocycles. The maximum absolute atomic E-state index is 13.1. The minimum atomic E-state index is -0.867. The molecule has 2 rings (SSSR count). The van der Waals surface area contributed by atoms with Crippen LogP contribution in [0.4, 0.5) is 4.39 Å². The second-order valence-electron chi connectivity index (χ2n) is 5.44. The fourth-order valence-electron chi connectivity index (χ4n) is 2.82. The number of carbonyl (C=O) groups excluding carboxylic acids is 1. The van der Waals surface area contributed by atoms with E-state index in [2.05, 4.69) is 0 Å². The highest BCUT2D eigenvalue weighted by molar-refractivity contribution is 6.31. The van der Waals surface area contributed by atoms with Crippen molar-refractivity contribution < 1.29 is 19.1 Å². The lowest BCUT2D eigenvalue weighted by Gasteiger charge is -2.24. The van der Waals surface area contributed by atoms with Gasteiger partial charge in [0.25, 0.3) is 5.91 Å². The zero-order valence-corrected chi connectivity index (χ0v) is 12.5. The molecule has 0 saturated carbocycles. The quantitative estimate of drug-likeness (QED) is 0.928. The van der Waals surface area contributed by atoms with Gasteiger partial charge in [0.1, 0.15) is 5.82 Å². The molecule has 21 heavy (non-hydrogen) atoms. The van der Waals surface area contributed by atoms with E-state index in [1.54, 1.807) is 0 Å². The summed E-state index contributed by atoms with van der Waals surface area (Å²) in [6, 6.07) is 3.78. The molecule has 0 radical (unpaired) electrons. The number of hydrogen-bond donors (Lipinski definition) is 1. The van der Waals surface area contributed by atoms with Gasteiger partial charge in [-0.3, -0.25) is 9.59 Å². The first kappa shape index (κ1) is 15.8. The first-order valence-electron chi connectivity index (χ1n) is 6.87. The highest BCUT2D eigenvalue weighted by atomic mass is 35.5. The van der Waals surface area contributed by atoms with Crippen molar-refractivity contribution in [2.24, 2.45) is 5.41 Å². The van der Waals surface area contributed by atoms with Crippen LogP contribution >= 0.6 is 11.6 Å². The fourth-order valence-corrected chi connectivity index (χ4v) is 3.00. The fraction of sp³-hybridized carbons (Fsp3) is 0.467. The Bertz CT molecular complexity index is 578. The summed E-state index contributed by atoms with van der Waals surface area (Å²) in [6.07, 6.45) is 1.73. The molecule has 1 atom stereocenters. The first-order valence-corrected chi connectivity index (χ1v) is 7.25. The van der Waals surface area contributed by atoms with Crippen LogP contribution < -0.4 is 0 Å². The Morgan fingerprint density at radius 1 is 1.48 bits per heavy atom. The second-order valence-corrected chi connectivity index (χ2v) is 5.85. The summed E-state index contributed by atoms with van der Waals surface area (Å²) in [7, 11) is 0. The van der Waals surface area contributed by atoms with Gasteiger partial charge >= 0.3 is 5.97 Å². The van der Waals surface area contributed by atoms with E-state index in [9.17, 15) is 19.1 Å². The number of likely N-dealkylation sites (tertiary alicyclic amines) is 1. The Morgan fingerprint density at radius 2 is 2.19 bits per heavy atom. The van der Waals surface area contributed by atoms with Gasteiger partial charge in [-0.2, -0.15) is 0 Å². The Morgan fingerprint density at radius 3 is 2.76 bits per heavy atom. The van der Waals surface area contributed by atoms with Gasteiger partial charge in [0, 0.05) is 18.7 Å². The molecule has 0 bridgehead atoms. The van der Waals surface area contributed by atoms with Gasteiger partial charge in [-0.05, 0) is 31.0 Å². The Hall–Kier alpha value is -1.62. The second kappa shape index (κ2) is 6.02. The molecule has 1 fully saturated rings. The number of carbonyl (C=O) groups is 2. The Balaban J connectivity index is 2.18. The molecule has 1 aliphatic heterocycles. The summed E-state index contributed by atoms with van der Waals surface area (Å²) in [5, 5.41) is 9.32. The molecule has 0 aliphatic carbocycles. The number of carboxylic acids is 1. The van der Waals surface area contributed by atoms with Crippen LogP contribution in [0.5, 0.6) is 0 Å². The van der Waals surface area contributed by atoms with Gasteiger partial charge in [-0.1, -0.05) is 24.9 Å². The lowest BCUT2D eigenvalue weighted by Crippen LogP contribution is -2.36. The van der Waals surface area contributed by atoms with Crippen molar-refractivity contribution in [3.63, 3.8) is 0 Å². The molecule has 1 N–H and O–H groups in total. The van der Waals surface area contributed by atoms with E-state index in [1.807, 2.05) is 6.92 Å². The third-order valence-electron chi connectivity index (χ3n) is 3.99. The smallest absolute Gasteiger partial charge is 0.311 e. The van der Waals surface area contributed by atoms with Crippen LogP contribution in [0.2, 0.25) is 5.02 Å². The molecule has 1 aromatic rings.